The van der Waals surface area contributed by atoms with Gasteiger partial charge in [0, 0.05) is 31.9 Å². The van der Waals surface area contributed by atoms with Crippen molar-refractivity contribution < 1.29 is 10.2 Å². The van der Waals surface area contributed by atoms with E-state index in [9.17, 15) is 10.2 Å². The summed E-state index contributed by atoms with van der Waals surface area (Å²) in [6.45, 7) is 2.29. The minimum absolute atomic E-state index is 0.188. The monoisotopic (exact) mass is 331 g/mol. The van der Waals surface area contributed by atoms with Gasteiger partial charge < -0.3 is 19.7 Å². The van der Waals surface area contributed by atoms with Crippen LogP contribution in [-0.2, 0) is 13.6 Å². The predicted octanol–water partition coefficient (Wildman–Crippen LogP) is 0.0303. The van der Waals surface area contributed by atoms with Gasteiger partial charge in [0.2, 0.25) is 0 Å². The molecule has 0 aliphatic heterocycles. The molecule has 0 atom stereocenters. The van der Waals surface area contributed by atoms with Gasteiger partial charge in [-0.1, -0.05) is 0 Å². The van der Waals surface area contributed by atoms with Crippen LogP contribution in [0.25, 0.3) is 11.2 Å². The molecule has 0 spiro atoms. The molecule has 2 N–H and O–H groups in total. The summed E-state index contributed by atoms with van der Waals surface area (Å²) in [5.74, 6) is 0.691. The van der Waals surface area contributed by atoms with Crippen molar-refractivity contribution in [2.75, 3.05) is 25.2 Å². The number of rotatable bonds is 6. The number of anilines is 1. The van der Waals surface area contributed by atoms with Crippen LogP contribution in [0.1, 0.15) is 17.3 Å². The molecule has 0 bridgehead atoms. The number of fused-ring (bicyclic) bond motifs is 1. The first-order chi connectivity index (χ1) is 11.6. The van der Waals surface area contributed by atoms with Gasteiger partial charge in [-0.2, -0.15) is 5.10 Å². The first-order valence-corrected chi connectivity index (χ1v) is 7.64. The van der Waals surface area contributed by atoms with Crippen molar-refractivity contribution in [3.05, 3.63) is 30.1 Å². The van der Waals surface area contributed by atoms with Crippen LogP contribution in [0.2, 0.25) is 0 Å². The molecule has 24 heavy (non-hydrogen) atoms. The molecule has 9 nitrogen and oxygen atoms in total. The van der Waals surface area contributed by atoms with Crippen molar-refractivity contribution in [3.63, 3.8) is 0 Å². The molecule has 0 unspecified atom stereocenters. The molecular weight excluding hydrogens is 310 g/mol. The maximum atomic E-state index is 9.39. The highest BCUT2D eigenvalue weighted by Gasteiger charge is 2.18. The van der Waals surface area contributed by atoms with E-state index in [1.54, 1.807) is 10.9 Å². The van der Waals surface area contributed by atoms with Crippen LogP contribution < -0.4 is 4.90 Å². The lowest BCUT2D eigenvalue weighted by molar-refractivity contribution is 0.156. The zero-order valence-electron chi connectivity index (χ0n) is 14.0. The van der Waals surface area contributed by atoms with Crippen molar-refractivity contribution in [1.29, 1.82) is 0 Å². The van der Waals surface area contributed by atoms with Crippen LogP contribution in [-0.4, -0.2) is 59.8 Å². The van der Waals surface area contributed by atoms with Crippen LogP contribution in [0.5, 0.6) is 0 Å². The summed E-state index contributed by atoms with van der Waals surface area (Å²) in [7, 11) is 3.84. The summed E-state index contributed by atoms with van der Waals surface area (Å²) in [4.78, 5) is 15.0. The SMILES string of the molecule is Cc1c(CN(C)c2ncnc3c2ncn3C(CO)CO)cnn1C. The second kappa shape index (κ2) is 6.54. The Balaban J connectivity index is 1.96. The Kier molecular flexibility index (Phi) is 4.45. The Morgan fingerprint density at radius 1 is 1.21 bits per heavy atom. The topological polar surface area (TPSA) is 105 Å². The largest absolute Gasteiger partial charge is 0.394 e. The van der Waals surface area contributed by atoms with Crippen molar-refractivity contribution in [3.8, 4) is 0 Å². The van der Waals surface area contributed by atoms with Gasteiger partial charge in [-0.3, -0.25) is 4.68 Å². The molecule has 0 aliphatic carbocycles. The third kappa shape index (κ3) is 2.72. The maximum Gasteiger partial charge on any atom is 0.165 e. The minimum Gasteiger partial charge on any atom is -0.394 e. The number of nitrogens with zero attached hydrogens (tertiary/aromatic N) is 7. The standard InChI is InChI=1S/C15H21N7O2/c1-10-11(4-19-21(10)3)5-20(2)14-13-15(17-8-16-14)22(9-18-13)12(6-23)7-24/h4,8-9,12,23-24H,5-7H2,1-3H3. The fourth-order valence-corrected chi connectivity index (χ4v) is 2.65. The van der Waals surface area contributed by atoms with Gasteiger partial charge in [0.25, 0.3) is 0 Å². The van der Waals surface area contributed by atoms with Crippen LogP contribution in [0, 0.1) is 6.92 Å². The lowest BCUT2D eigenvalue weighted by Crippen LogP contribution is -2.19. The highest BCUT2D eigenvalue weighted by atomic mass is 16.3. The van der Waals surface area contributed by atoms with E-state index in [0.29, 0.717) is 23.5 Å². The van der Waals surface area contributed by atoms with Crippen LogP contribution in [0.4, 0.5) is 5.82 Å². The molecule has 9 heteroatoms. The van der Waals surface area contributed by atoms with E-state index in [4.69, 9.17) is 0 Å². The van der Waals surface area contributed by atoms with E-state index in [0.717, 1.165) is 11.3 Å². The normalized spacial score (nSPS) is 11.6. The molecule has 0 amide bonds. The summed E-state index contributed by atoms with van der Waals surface area (Å²) in [6, 6.07) is -0.469. The summed E-state index contributed by atoms with van der Waals surface area (Å²) < 4.78 is 3.50. The smallest absolute Gasteiger partial charge is 0.165 e. The highest BCUT2D eigenvalue weighted by molar-refractivity contribution is 5.83. The van der Waals surface area contributed by atoms with Gasteiger partial charge in [-0.05, 0) is 6.92 Å². The number of hydrogen-bond acceptors (Lipinski definition) is 7. The molecule has 0 aliphatic rings. The fraction of sp³-hybridized carbons (Fsp3) is 0.467. The predicted molar refractivity (Wildman–Crippen MR) is 88.6 cm³/mol. The maximum absolute atomic E-state index is 9.39. The molecule has 0 fully saturated rings. The van der Waals surface area contributed by atoms with E-state index in [2.05, 4.69) is 20.1 Å². The number of aliphatic hydroxyl groups excluding tert-OH is 2. The van der Waals surface area contributed by atoms with Gasteiger partial charge in [0.05, 0.1) is 31.8 Å². The third-order valence-corrected chi connectivity index (χ3v) is 4.26. The Hall–Kier alpha value is -2.52. The van der Waals surface area contributed by atoms with Crippen molar-refractivity contribution in [2.45, 2.75) is 19.5 Å². The number of aryl methyl sites for hydroxylation is 1. The molecule has 0 aromatic carbocycles. The van der Waals surface area contributed by atoms with Gasteiger partial charge >= 0.3 is 0 Å². The van der Waals surface area contributed by atoms with E-state index >= 15 is 0 Å². The second-order valence-corrected chi connectivity index (χ2v) is 5.78. The Bertz CT molecular complexity index is 838. The zero-order valence-corrected chi connectivity index (χ0v) is 14.0. The summed E-state index contributed by atoms with van der Waals surface area (Å²) >= 11 is 0. The third-order valence-electron chi connectivity index (χ3n) is 4.26. The molecule has 0 saturated carbocycles. The van der Waals surface area contributed by atoms with Crippen molar-refractivity contribution in [1.82, 2.24) is 29.3 Å². The molecule has 3 heterocycles. The first-order valence-electron chi connectivity index (χ1n) is 7.64. The Labute approximate surface area is 139 Å². The Morgan fingerprint density at radius 3 is 2.58 bits per heavy atom. The molecule has 3 rings (SSSR count). The van der Waals surface area contributed by atoms with E-state index < -0.39 is 6.04 Å². The summed E-state index contributed by atoms with van der Waals surface area (Å²) in [5, 5.41) is 23.0. The quantitative estimate of drug-likeness (QED) is 0.656. The zero-order chi connectivity index (χ0) is 17.3. The average Bonchev–Trinajstić information content (AvgIpc) is 3.15. The van der Waals surface area contributed by atoms with Crippen LogP contribution >= 0.6 is 0 Å². The van der Waals surface area contributed by atoms with Crippen molar-refractivity contribution >= 4 is 17.0 Å². The lowest BCUT2D eigenvalue weighted by Gasteiger charge is -2.18. The minimum atomic E-state index is -0.469. The molecule has 128 valence electrons. The molecule has 0 saturated heterocycles. The van der Waals surface area contributed by atoms with Gasteiger partial charge in [-0.25, -0.2) is 15.0 Å². The fourth-order valence-electron chi connectivity index (χ4n) is 2.65. The number of aromatic nitrogens is 6. The summed E-state index contributed by atoms with van der Waals surface area (Å²) in [5.41, 5.74) is 3.42. The van der Waals surface area contributed by atoms with E-state index in [1.165, 1.54) is 6.33 Å². The highest BCUT2D eigenvalue weighted by Crippen LogP contribution is 2.24. The Morgan fingerprint density at radius 2 is 1.96 bits per heavy atom. The lowest BCUT2D eigenvalue weighted by atomic mass is 10.2. The number of aliphatic hydroxyl groups is 2. The first kappa shape index (κ1) is 16.3. The van der Waals surface area contributed by atoms with Gasteiger partial charge in [0.15, 0.2) is 17.0 Å². The molecular formula is C15H21N7O2. The number of hydrogen-bond donors (Lipinski definition) is 2. The summed E-state index contributed by atoms with van der Waals surface area (Å²) in [6.07, 6.45) is 4.88. The average molecular weight is 331 g/mol. The van der Waals surface area contributed by atoms with E-state index in [-0.39, 0.29) is 13.2 Å². The van der Waals surface area contributed by atoms with Gasteiger partial charge in [-0.15, -0.1) is 0 Å². The van der Waals surface area contributed by atoms with E-state index in [1.807, 2.05) is 36.8 Å². The number of imidazole rings is 1. The molecule has 3 aromatic heterocycles. The van der Waals surface area contributed by atoms with Gasteiger partial charge in [0.1, 0.15) is 6.33 Å². The van der Waals surface area contributed by atoms with Crippen LogP contribution in [0.15, 0.2) is 18.9 Å². The molecule has 0 radical (unpaired) electrons. The second-order valence-electron chi connectivity index (χ2n) is 5.78. The van der Waals surface area contributed by atoms with Crippen LogP contribution in [0.3, 0.4) is 0 Å². The molecule has 3 aromatic rings. The van der Waals surface area contributed by atoms with Crippen molar-refractivity contribution in [2.24, 2.45) is 7.05 Å².